The van der Waals surface area contributed by atoms with Gasteiger partial charge in [-0.05, 0) is 48.1 Å². The van der Waals surface area contributed by atoms with Crippen molar-refractivity contribution in [3.63, 3.8) is 0 Å². The summed E-state index contributed by atoms with van der Waals surface area (Å²) >= 11 is 0. The summed E-state index contributed by atoms with van der Waals surface area (Å²) in [7, 11) is 0. The normalized spacial score (nSPS) is 16.7. The smallest absolute Gasteiger partial charge is 0.160 e. The zero-order valence-corrected chi connectivity index (χ0v) is 11.5. The average Bonchev–Trinajstić information content (AvgIpc) is 2.46. The Labute approximate surface area is 114 Å². The summed E-state index contributed by atoms with van der Waals surface area (Å²) in [4.78, 5) is 12.0. The minimum absolute atomic E-state index is 0.200. The standard InChI is InChI=1S/C18H20O/c1-13(19)17-11-15-9-5-6-10-16(15)12-18(17)14-7-3-2-4-8-14/h5-6,9-12,14H,2-4,7-8H2,1H3. The van der Waals surface area contributed by atoms with Crippen LogP contribution in [0.4, 0.5) is 0 Å². The summed E-state index contributed by atoms with van der Waals surface area (Å²) in [6.45, 7) is 1.69. The molecule has 0 bridgehead atoms. The number of benzene rings is 2. The molecule has 0 saturated heterocycles. The van der Waals surface area contributed by atoms with Crippen LogP contribution < -0.4 is 0 Å². The molecule has 2 aromatic carbocycles. The maximum Gasteiger partial charge on any atom is 0.160 e. The van der Waals surface area contributed by atoms with Crippen molar-refractivity contribution in [1.29, 1.82) is 0 Å². The van der Waals surface area contributed by atoms with Gasteiger partial charge < -0.3 is 0 Å². The highest BCUT2D eigenvalue weighted by molar-refractivity contribution is 6.00. The highest BCUT2D eigenvalue weighted by Gasteiger charge is 2.20. The van der Waals surface area contributed by atoms with Crippen molar-refractivity contribution >= 4 is 16.6 Å². The van der Waals surface area contributed by atoms with E-state index >= 15 is 0 Å². The second-order valence-electron chi connectivity index (χ2n) is 5.68. The van der Waals surface area contributed by atoms with Crippen LogP contribution in [-0.2, 0) is 0 Å². The van der Waals surface area contributed by atoms with Gasteiger partial charge in [0.15, 0.2) is 5.78 Å². The van der Waals surface area contributed by atoms with E-state index in [9.17, 15) is 4.79 Å². The molecule has 0 aliphatic heterocycles. The van der Waals surface area contributed by atoms with Crippen molar-refractivity contribution in [2.75, 3.05) is 0 Å². The van der Waals surface area contributed by atoms with Crippen molar-refractivity contribution in [2.24, 2.45) is 0 Å². The van der Waals surface area contributed by atoms with Gasteiger partial charge in [0.05, 0.1) is 0 Å². The number of hydrogen-bond acceptors (Lipinski definition) is 1. The third-order valence-electron chi connectivity index (χ3n) is 4.34. The molecular formula is C18H20O. The van der Waals surface area contributed by atoms with E-state index in [2.05, 4.69) is 30.3 Å². The average molecular weight is 252 g/mol. The first-order valence-corrected chi connectivity index (χ1v) is 7.29. The van der Waals surface area contributed by atoms with Crippen LogP contribution in [0.15, 0.2) is 36.4 Å². The predicted molar refractivity (Wildman–Crippen MR) is 79.8 cm³/mol. The summed E-state index contributed by atoms with van der Waals surface area (Å²) in [6.07, 6.45) is 6.42. The molecule has 1 aliphatic rings. The number of carbonyl (C=O) groups excluding carboxylic acids is 1. The lowest BCUT2D eigenvalue weighted by Gasteiger charge is -2.24. The van der Waals surface area contributed by atoms with Crippen LogP contribution in [0.1, 0.15) is 60.9 Å². The Bertz CT molecular complexity index is 606. The Balaban J connectivity index is 2.14. The third kappa shape index (κ3) is 2.42. The van der Waals surface area contributed by atoms with Crippen molar-refractivity contribution < 1.29 is 4.79 Å². The lowest BCUT2D eigenvalue weighted by molar-refractivity contribution is 0.101. The fraction of sp³-hybridized carbons (Fsp3) is 0.389. The van der Waals surface area contributed by atoms with E-state index in [0.717, 1.165) is 5.56 Å². The molecule has 1 nitrogen and oxygen atoms in total. The van der Waals surface area contributed by atoms with E-state index in [0.29, 0.717) is 5.92 Å². The van der Waals surface area contributed by atoms with Gasteiger partial charge in [-0.25, -0.2) is 0 Å². The lowest BCUT2D eigenvalue weighted by Crippen LogP contribution is -2.09. The molecule has 3 rings (SSSR count). The number of Topliss-reactive ketones (excluding diaryl/α,β-unsaturated/α-hetero) is 1. The van der Waals surface area contributed by atoms with Crippen molar-refractivity contribution in [3.05, 3.63) is 47.5 Å². The van der Waals surface area contributed by atoms with Gasteiger partial charge >= 0.3 is 0 Å². The molecule has 98 valence electrons. The summed E-state index contributed by atoms with van der Waals surface area (Å²) in [5.74, 6) is 0.781. The van der Waals surface area contributed by atoms with Gasteiger partial charge in [-0.2, -0.15) is 0 Å². The van der Waals surface area contributed by atoms with Gasteiger partial charge in [-0.1, -0.05) is 49.6 Å². The largest absolute Gasteiger partial charge is 0.295 e. The zero-order valence-electron chi connectivity index (χ0n) is 11.5. The molecule has 0 amide bonds. The maximum absolute atomic E-state index is 12.0. The van der Waals surface area contributed by atoms with Crippen LogP contribution in [0.5, 0.6) is 0 Å². The first-order valence-electron chi connectivity index (χ1n) is 7.29. The van der Waals surface area contributed by atoms with Gasteiger partial charge in [0.1, 0.15) is 0 Å². The van der Waals surface area contributed by atoms with E-state index in [1.807, 2.05) is 6.07 Å². The maximum atomic E-state index is 12.0. The molecule has 0 spiro atoms. The van der Waals surface area contributed by atoms with Crippen LogP contribution in [-0.4, -0.2) is 5.78 Å². The molecule has 2 aromatic rings. The topological polar surface area (TPSA) is 17.1 Å². The minimum Gasteiger partial charge on any atom is -0.295 e. The van der Waals surface area contributed by atoms with Crippen LogP contribution >= 0.6 is 0 Å². The summed E-state index contributed by atoms with van der Waals surface area (Å²) in [5, 5.41) is 2.43. The highest BCUT2D eigenvalue weighted by Crippen LogP contribution is 2.36. The molecule has 0 aromatic heterocycles. The molecule has 0 radical (unpaired) electrons. The molecule has 0 unspecified atom stereocenters. The second-order valence-corrected chi connectivity index (χ2v) is 5.68. The Kier molecular flexibility index (Phi) is 3.37. The van der Waals surface area contributed by atoms with Crippen LogP contribution in [0.3, 0.4) is 0 Å². The summed E-state index contributed by atoms with van der Waals surface area (Å²) < 4.78 is 0. The Morgan fingerprint density at radius 1 is 1.00 bits per heavy atom. The quantitative estimate of drug-likeness (QED) is 0.680. The zero-order chi connectivity index (χ0) is 13.2. The van der Waals surface area contributed by atoms with Crippen molar-refractivity contribution in [3.8, 4) is 0 Å². The molecule has 0 heterocycles. The van der Waals surface area contributed by atoms with E-state index in [4.69, 9.17) is 0 Å². The molecule has 1 aliphatic carbocycles. The third-order valence-corrected chi connectivity index (χ3v) is 4.34. The Morgan fingerprint density at radius 3 is 2.26 bits per heavy atom. The van der Waals surface area contributed by atoms with Crippen LogP contribution in [0.25, 0.3) is 10.8 Å². The number of hydrogen-bond donors (Lipinski definition) is 0. The van der Waals surface area contributed by atoms with Crippen LogP contribution in [0, 0.1) is 0 Å². The Morgan fingerprint density at radius 2 is 1.63 bits per heavy atom. The van der Waals surface area contributed by atoms with Gasteiger partial charge in [0, 0.05) is 5.56 Å². The molecule has 0 atom stereocenters. The van der Waals surface area contributed by atoms with Crippen molar-refractivity contribution in [1.82, 2.24) is 0 Å². The number of ketones is 1. The fourth-order valence-corrected chi connectivity index (χ4v) is 3.31. The highest BCUT2D eigenvalue weighted by atomic mass is 16.1. The van der Waals surface area contributed by atoms with Gasteiger partial charge in [-0.3, -0.25) is 4.79 Å². The minimum atomic E-state index is 0.200. The number of fused-ring (bicyclic) bond motifs is 1. The molecular weight excluding hydrogens is 232 g/mol. The monoisotopic (exact) mass is 252 g/mol. The van der Waals surface area contributed by atoms with Gasteiger partial charge in [-0.15, -0.1) is 0 Å². The van der Waals surface area contributed by atoms with Crippen LogP contribution in [0.2, 0.25) is 0 Å². The van der Waals surface area contributed by atoms with Gasteiger partial charge in [0.25, 0.3) is 0 Å². The first-order chi connectivity index (χ1) is 9.25. The second kappa shape index (κ2) is 5.16. The van der Waals surface area contributed by atoms with E-state index in [1.54, 1.807) is 6.92 Å². The fourth-order valence-electron chi connectivity index (χ4n) is 3.31. The molecule has 1 heteroatoms. The SMILES string of the molecule is CC(=O)c1cc2ccccc2cc1C1CCCCC1. The number of carbonyl (C=O) groups is 1. The lowest BCUT2D eigenvalue weighted by atomic mass is 9.80. The van der Waals surface area contributed by atoms with Gasteiger partial charge in [0.2, 0.25) is 0 Å². The summed E-state index contributed by atoms with van der Waals surface area (Å²) in [5.41, 5.74) is 2.22. The van der Waals surface area contributed by atoms with Crippen molar-refractivity contribution in [2.45, 2.75) is 44.9 Å². The molecule has 0 N–H and O–H groups in total. The predicted octanol–water partition coefficient (Wildman–Crippen LogP) is 5.09. The first kappa shape index (κ1) is 12.4. The summed E-state index contributed by atoms with van der Waals surface area (Å²) in [6, 6.07) is 12.7. The Hall–Kier alpha value is -1.63. The van der Waals surface area contributed by atoms with E-state index in [1.165, 1.54) is 48.4 Å². The number of rotatable bonds is 2. The molecule has 1 fully saturated rings. The van der Waals surface area contributed by atoms with E-state index in [-0.39, 0.29) is 5.78 Å². The molecule has 1 saturated carbocycles. The molecule has 19 heavy (non-hydrogen) atoms. The van der Waals surface area contributed by atoms with E-state index < -0.39 is 0 Å².